The van der Waals surface area contributed by atoms with Gasteiger partial charge in [-0.2, -0.15) is 0 Å². The van der Waals surface area contributed by atoms with Gasteiger partial charge in [0.2, 0.25) is 0 Å². The molecule has 0 aliphatic heterocycles. The Balaban J connectivity index is 0.000000583. The van der Waals surface area contributed by atoms with Crippen LogP contribution in [0, 0.1) is 0 Å². The molecular weight excluding hydrogens is 180 g/mol. The zero-order chi connectivity index (χ0) is 11.5. The van der Waals surface area contributed by atoms with Crippen molar-refractivity contribution in [3.05, 3.63) is 60.2 Å². The van der Waals surface area contributed by atoms with E-state index in [0.717, 1.165) is 12.0 Å². The Bertz CT molecular complexity index is 280. The van der Waals surface area contributed by atoms with Gasteiger partial charge in [0.1, 0.15) is 0 Å². The molecule has 0 aromatic heterocycles. The van der Waals surface area contributed by atoms with E-state index in [1.54, 1.807) is 0 Å². The molecule has 0 aliphatic rings. The smallest absolute Gasteiger partial charge is 0.00318 e. The van der Waals surface area contributed by atoms with Crippen LogP contribution in [0.25, 0.3) is 0 Å². The molecule has 0 unspecified atom stereocenters. The summed E-state index contributed by atoms with van der Waals surface area (Å²) >= 11 is 0. The summed E-state index contributed by atoms with van der Waals surface area (Å²) in [6, 6.07) is 10.4. The zero-order valence-electron chi connectivity index (χ0n) is 10.2. The molecular formula is C15H22. The summed E-state index contributed by atoms with van der Waals surface area (Å²) in [6.45, 7) is 10.2. The number of allylic oxidation sites excluding steroid dienone is 3. The molecule has 82 valence electrons. The maximum absolute atomic E-state index is 3.95. The zero-order valence-corrected chi connectivity index (χ0v) is 10.2. The fraction of sp³-hybridized carbons (Fsp3) is 0.333. The van der Waals surface area contributed by atoms with Crippen LogP contribution in [-0.2, 0) is 6.42 Å². The van der Waals surface area contributed by atoms with E-state index < -0.39 is 0 Å². The third-order valence-electron chi connectivity index (χ3n) is 1.68. The van der Waals surface area contributed by atoms with Crippen LogP contribution in [-0.4, -0.2) is 0 Å². The van der Waals surface area contributed by atoms with Crippen molar-refractivity contribution in [2.24, 2.45) is 0 Å². The molecule has 0 saturated carbocycles. The van der Waals surface area contributed by atoms with Crippen LogP contribution in [0.2, 0.25) is 0 Å². The summed E-state index contributed by atoms with van der Waals surface area (Å²) in [4.78, 5) is 0. The van der Waals surface area contributed by atoms with E-state index in [9.17, 15) is 0 Å². The summed E-state index contributed by atoms with van der Waals surface area (Å²) < 4.78 is 0. The van der Waals surface area contributed by atoms with E-state index in [1.807, 2.05) is 25.1 Å². The molecule has 0 nitrogen and oxygen atoms in total. The Morgan fingerprint density at radius 3 is 2.20 bits per heavy atom. The van der Waals surface area contributed by atoms with Gasteiger partial charge in [-0.15, -0.1) is 0 Å². The Hall–Kier alpha value is -1.30. The molecule has 15 heavy (non-hydrogen) atoms. The number of hydrogen-bond acceptors (Lipinski definition) is 0. The van der Waals surface area contributed by atoms with Crippen LogP contribution in [0.15, 0.2) is 54.6 Å². The van der Waals surface area contributed by atoms with Gasteiger partial charge in [-0.3, -0.25) is 0 Å². The van der Waals surface area contributed by atoms with Crippen molar-refractivity contribution in [3.63, 3.8) is 0 Å². The molecule has 1 aromatic carbocycles. The largest absolute Gasteiger partial charge is 0.0955 e. The monoisotopic (exact) mass is 202 g/mol. The highest BCUT2D eigenvalue weighted by atomic mass is 14.0. The highest BCUT2D eigenvalue weighted by Gasteiger charge is 1.91. The quantitative estimate of drug-likeness (QED) is 0.619. The van der Waals surface area contributed by atoms with Crippen molar-refractivity contribution >= 4 is 0 Å². The molecule has 0 atom stereocenters. The summed E-state index contributed by atoms with van der Waals surface area (Å²) in [5, 5.41) is 0. The van der Waals surface area contributed by atoms with Crippen molar-refractivity contribution in [2.45, 2.75) is 33.6 Å². The molecule has 1 aromatic rings. The average Bonchev–Trinajstić information content (AvgIpc) is 2.20. The predicted octanol–water partition coefficient (Wildman–Crippen LogP) is 4.78. The highest BCUT2D eigenvalue weighted by Crippen LogP contribution is 2.06. The standard InChI is InChI=1S/C12H14.C3H8/c1-3-7-11(2)10-12-8-5-4-6-9-12;1-3-2/h3-9H,2,10H2,1H3;3H2,1-2H3/b7-3-;. The minimum atomic E-state index is 0.950. The van der Waals surface area contributed by atoms with Crippen LogP contribution in [0.5, 0.6) is 0 Å². The molecule has 0 saturated heterocycles. The second-order valence-electron chi connectivity index (χ2n) is 3.53. The second-order valence-corrected chi connectivity index (χ2v) is 3.53. The van der Waals surface area contributed by atoms with Gasteiger partial charge >= 0.3 is 0 Å². The van der Waals surface area contributed by atoms with Crippen molar-refractivity contribution in [3.8, 4) is 0 Å². The van der Waals surface area contributed by atoms with Gasteiger partial charge in [0.15, 0.2) is 0 Å². The lowest BCUT2D eigenvalue weighted by Crippen LogP contribution is -1.84. The molecule has 0 fully saturated rings. The fourth-order valence-electron chi connectivity index (χ4n) is 1.15. The fourth-order valence-corrected chi connectivity index (χ4v) is 1.15. The van der Waals surface area contributed by atoms with Gasteiger partial charge in [-0.05, 0) is 18.9 Å². The van der Waals surface area contributed by atoms with E-state index in [1.165, 1.54) is 12.0 Å². The summed E-state index contributed by atoms with van der Waals surface area (Å²) in [5.74, 6) is 0. The molecule has 0 heterocycles. The van der Waals surface area contributed by atoms with Gasteiger partial charge in [0.25, 0.3) is 0 Å². The normalized spacial score (nSPS) is 9.53. The maximum atomic E-state index is 3.95. The SMILES string of the molecule is C=C(/C=C\C)Cc1ccccc1.CCC. The third kappa shape index (κ3) is 7.75. The van der Waals surface area contributed by atoms with Crippen molar-refractivity contribution in [1.82, 2.24) is 0 Å². The Kier molecular flexibility index (Phi) is 8.46. The first-order valence-electron chi connectivity index (χ1n) is 5.58. The first kappa shape index (κ1) is 13.7. The molecule has 0 aliphatic carbocycles. The lowest BCUT2D eigenvalue weighted by Gasteiger charge is -1.99. The Morgan fingerprint density at radius 1 is 1.20 bits per heavy atom. The van der Waals surface area contributed by atoms with Crippen LogP contribution in [0.1, 0.15) is 32.8 Å². The van der Waals surface area contributed by atoms with Crippen molar-refractivity contribution in [1.29, 1.82) is 0 Å². The lowest BCUT2D eigenvalue weighted by molar-refractivity contribution is 1.09. The first-order chi connectivity index (χ1) is 7.24. The van der Waals surface area contributed by atoms with Gasteiger partial charge in [0.05, 0.1) is 0 Å². The van der Waals surface area contributed by atoms with Crippen LogP contribution in [0.4, 0.5) is 0 Å². The van der Waals surface area contributed by atoms with Gasteiger partial charge in [0, 0.05) is 0 Å². The van der Waals surface area contributed by atoms with Crippen molar-refractivity contribution < 1.29 is 0 Å². The van der Waals surface area contributed by atoms with E-state index in [-0.39, 0.29) is 0 Å². The minimum Gasteiger partial charge on any atom is -0.0955 e. The number of hydrogen-bond donors (Lipinski definition) is 0. The van der Waals surface area contributed by atoms with E-state index >= 15 is 0 Å². The molecule has 1 rings (SSSR count). The predicted molar refractivity (Wildman–Crippen MR) is 70.1 cm³/mol. The van der Waals surface area contributed by atoms with Gasteiger partial charge in [-0.25, -0.2) is 0 Å². The molecule has 0 bridgehead atoms. The molecule has 0 spiro atoms. The van der Waals surface area contributed by atoms with E-state index in [0.29, 0.717) is 0 Å². The molecule has 0 N–H and O–H groups in total. The van der Waals surface area contributed by atoms with Crippen molar-refractivity contribution in [2.75, 3.05) is 0 Å². The number of rotatable bonds is 3. The summed E-state index contributed by atoms with van der Waals surface area (Å²) in [7, 11) is 0. The Morgan fingerprint density at radius 2 is 1.73 bits per heavy atom. The Labute approximate surface area is 94.3 Å². The topological polar surface area (TPSA) is 0 Å². The third-order valence-corrected chi connectivity index (χ3v) is 1.68. The molecule has 0 radical (unpaired) electrons. The maximum Gasteiger partial charge on any atom is -0.00318 e. The highest BCUT2D eigenvalue weighted by molar-refractivity contribution is 5.25. The lowest BCUT2D eigenvalue weighted by atomic mass is 10.1. The second kappa shape index (κ2) is 9.26. The molecule has 0 heteroatoms. The van der Waals surface area contributed by atoms with Crippen LogP contribution < -0.4 is 0 Å². The number of benzene rings is 1. The van der Waals surface area contributed by atoms with Gasteiger partial charge in [-0.1, -0.05) is 74.9 Å². The van der Waals surface area contributed by atoms with E-state index in [2.05, 4.69) is 44.7 Å². The minimum absolute atomic E-state index is 0.950. The van der Waals surface area contributed by atoms with Crippen LogP contribution in [0.3, 0.4) is 0 Å². The molecule has 0 amide bonds. The van der Waals surface area contributed by atoms with Crippen LogP contribution >= 0.6 is 0 Å². The summed E-state index contributed by atoms with van der Waals surface area (Å²) in [6.07, 6.45) is 6.27. The van der Waals surface area contributed by atoms with Gasteiger partial charge < -0.3 is 0 Å². The van der Waals surface area contributed by atoms with E-state index in [4.69, 9.17) is 0 Å². The average molecular weight is 202 g/mol. The first-order valence-corrected chi connectivity index (χ1v) is 5.58. The summed E-state index contributed by atoms with van der Waals surface area (Å²) in [5.41, 5.74) is 2.48.